The number of likely N-dealkylation sites (N-methyl/N-ethyl adjacent to an activating group) is 1. The summed E-state index contributed by atoms with van der Waals surface area (Å²) in [5.74, 6) is 0.449. The van der Waals surface area contributed by atoms with Gasteiger partial charge in [-0.25, -0.2) is 0 Å². The minimum atomic E-state index is -0.343. The molecule has 1 atom stereocenters. The SMILES string of the molecule is CN[C@@H](Cc1ccc(O)cc1)C(=O)C(C)(C)C. The molecule has 0 saturated heterocycles. The summed E-state index contributed by atoms with van der Waals surface area (Å²) in [6.07, 6.45) is 0.646. The Balaban J connectivity index is 2.77. The van der Waals surface area contributed by atoms with Crippen LogP contribution in [0.5, 0.6) is 5.75 Å². The van der Waals surface area contributed by atoms with Crippen molar-refractivity contribution in [3.8, 4) is 5.75 Å². The number of ketones is 1. The van der Waals surface area contributed by atoms with Crippen molar-refractivity contribution in [3.05, 3.63) is 29.8 Å². The molecular weight excluding hydrogens is 214 g/mol. The smallest absolute Gasteiger partial charge is 0.155 e. The molecule has 0 aliphatic heterocycles. The van der Waals surface area contributed by atoms with E-state index >= 15 is 0 Å². The topological polar surface area (TPSA) is 49.3 Å². The Kier molecular flexibility index (Phi) is 4.29. The number of carbonyl (C=O) groups is 1. The Hall–Kier alpha value is -1.35. The van der Waals surface area contributed by atoms with Gasteiger partial charge < -0.3 is 10.4 Å². The Bertz CT molecular complexity index is 376. The van der Waals surface area contributed by atoms with E-state index in [1.165, 1.54) is 0 Å². The van der Waals surface area contributed by atoms with Crippen LogP contribution in [-0.4, -0.2) is 24.0 Å². The molecule has 0 heterocycles. The summed E-state index contributed by atoms with van der Waals surface area (Å²) in [4.78, 5) is 12.2. The van der Waals surface area contributed by atoms with Gasteiger partial charge in [0.1, 0.15) is 5.75 Å². The fraction of sp³-hybridized carbons (Fsp3) is 0.500. The molecule has 0 aliphatic carbocycles. The number of hydrogen-bond donors (Lipinski definition) is 2. The van der Waals surface area contributed by atoms with E-state index in [1.54, 1.807) is 19.2 Å². The second kappa shape index (κ2) is 5.32. The van der Waals surface area contributed by atoms with Crippen LogP contribution in [0.4, 0.5) is 0 Å². The van der Waals surface area contributed by atoms with Gasteiger partial charge in [0.05, 0.1) is 6.04 Å². The van der Waals surface area contributed by atoms with Gasteiger partial charge in [-0.2, -0.15) is 0 Å². The number of nitrogens with one attached hydrogen (secondary N) is 1. The monoisotopic (exact) mass is 235 g/mol. The highest BCUT2D eigenvalue weighted by molar-refractivity contribution is 5.88. The minimum Gasteiger partial charge on any atom is -0.508 e. The second-order valence-corrected chi connectivity index (χ2v) is 5.33. The number of hydrogen-bond acceptors (Lipinski definition) is 3. The van der Waals surface area contributed by atoms with Gasteiger partial charge in [-0.1, -0.05) is 32.9 Å². The Morgan fingerprint density at radius 2 is 1.82 bits per heavy atom. The molecule has 0 unspecified atom stereocenters. The lowest BCUT2D eigenvalue weighted by atomic mass is 9.84. The van der Waals surface area contributed by atoms with Crippen molar-refractivity contribution in [1.82, 2.24) is 5.32 Å². The second-order valence-electron chi connectivity index (χ2n) is 5.33. The van der Waals surface area contributed by atoms with E-state index < -0.39 is 0 Å². The number of phenols is 1. The summed E-state index contributed by atoms with van der Waals surface area (Å²) in [5, 5.41) is 12.3. The minimum absolute atomic E-state index is 0.181. The number of Topliss-reactive ketones (excluding diaryl/α,β-unsaturated/α-hetero) is 1. The Morgan fingerprint density at radius 1 is 1.29 bits per heavy atom. The number of phenolic OH excluding ortho intramolecular Hbond substituents is 1. The van der Waals surface area contributed by atoms with E-state index in [9.17, 15) is 9.90 Å². The van der Waals surface area contributed by atoms with Gasteiger partial charge in [0.25, 0.3) is 0 Å². The van der Waals surface area contributed by atoms with Crippen molar-refractivity contribution < 1.29 is 9.90 Å². The molecule has 0 aliphatic rings. The van der Waals surface area contributed by atoms with Gasteiger partial charge in [0.2, 0.25) is 0 Å². The molecule has 0 bridgehead atoms. The van der Waals surface area contributed by atoms with E-state index in [-0.39, 0.29) is 23.0 Å². The molecule has 0 spiro atoms. The fourth-order valence-corrected chi connectivity index (χ4v) is 1.72. The van der Waals surface area contributed by atoms with Gasteiger partial charge in [-0.15, -0.1) is 0 Å². The molecule has 2 N–H and O–H groups in total. The first-order chi connectivity index (χ1) is 7.84. The quantitative estimate of drug-likeness (QED) is 0.840. The van der Waals surface area contributed by atoms with Gasteiger partial charge in [-0.3, -0.25) is 4.79 Å². The summed E-state index contributed by atoms with van der Waals surface area (Å²) < 4.78 is 0. The lowest BCUT2D eigenvalue weighted by molar-refractivity contribution is -0.128. The van der Waals surface area contributed by atoms with Crippen LogP contribution in [0.15, 0.2) is 24.3 Å². The van der Waals surface area contributed by atoms with Crippen LogP contribution in [0.25, 0.3) is 0 Å². The van der Waals surface area contributed by atoms with Gasteiger partial charge in [0.15, 0.2) is 5.78 Å². The van der Waals surface area contributed by atoms with Crippen LogP contribution in [-0.2, 0) is 11.2 Å². The normalized spacial score (nSPS) is 13.4. The van der Waals surface area contributed by atoms with Gasteiger partial charge in [0, 0.05) is 5.41 Å². The molecule has 0 fully saturated rings. The van der Waals surface area contributed by atoms with Crippen LogP contribution in [0.3, 0.4) is 0 Å². The van der Waals surface area contributed by atoms with E-state index in [1.807, 2.05) is 32.9 Å². The van der Waals surface area contributed by atoms with Crippen molar-refractivity contribution in [2.24, 2.45) is 5.41 Å². The number of aromatic hydroxyl groups is 1. The zero-order chi connectivity index (χ0) is 13.1. The van der Waals surface area contributed by atoms with E-state index in [2.05, 4.69) is 5.32 Å². The molecule has 0 aromatic heterocycles. The zero-order valence-electron chi connectivity index (χ0n) is 10.9. The molecule has 17 heavy (non-hydrogen) atoms. The van der Waals surface area contributed by atoms with Gasteiger partial charge >= 0.3 is 0 Å². The van der Waals surface area contributed by atoms with E-state index in [0.29, 0.717) is 6.42 Å². The first-order valence-corrected chi connectivity index (χ1v) is 5.84. The highest BCUT2D eigenvalue weighted by Gasteiger charge is 2.28. The molecule has 0 saturated carbocycles. The molecular formula is C14H21NO2. The third-order valence-electron chi connectivity index (χ3n) is 2.78. The molecule has 3 nitrogen and oxygen atoms in total. The molecule has 94 valence electrons. The van der Waals surface area contributed by atoms with Crippen molar-refractivity contribution >= 4 is 5.78 Å². The summed E-state index contributed by atoms with van der Waals surface area (Å²) in [6, 6.07) is 6.79. The average molecular weight is 235 g/mol. The zero-order valence-corrected chi connectivity index (χ0v) is 10.9. The average Bonchev–Trinajstić information content (AvgIpc) is 2.26. The molecule has 1 rings (SSSR count). The third-order valence-corrected chi connectivity index (χ3v) is 2.78. The molecule has 1 aromatic rings. The fourth-order valence-electron chi connectivity index (χ4n) is 1.72. The van der Waals surface area contributed by atoms with E-state index in [0.717, 1.165) is 5.56 Å². The molecule has 3 heteroatoms. The van der Waals surface area contributed by atoms with E-state index in [4.69, 9.17) is 0 Å². The standard InChI is InChI=1S/C14H21NO2/c1-14(2,3)13(17)12(15-4)9-10-5-7-11(16)8-6-10/h5-8,12,15-16H,9H2,1-4H3/t12-/m0/s1. The molecule has 0 amide bonds. The largest absolute Gasteiger partial charge is 0.508 e. The van der Waals surface area contributed by atoms with Crippen LogP contribution < -0.4 is 5.32 Å². The van der Waals surface area contributed by atoms with Crippen LogP contribution in [0, 0.1) is 5.41 Å². The predicted octanol–water partition coefficient (Wildman–Crippen LogP) is 2.14. The Morgan fingerprint density at radius 3 is 2.24 bits per heavy atom. The maximum absolute atomic E-state index is 12.2. The first kappa shape index (κ1) is 13.7. The summed E-state index contributed by atoms with van der Waals surface area (Å²) in [7, 11) is 1.80. The number of rotatable bonds is 4. The van der Waals surface area contributed by atoms with Crippen molar-refractivity contribution in [1.29, 1.82) is 0 Å². The summed E-state index contributed by atoms with van der Waals surface area (Å²) >= 11 is 0. The van der Waals surface area contributed by atoms with Crippen molar-refractivity contribution in [3.63, 3.8) is 0 Å². The highest BCUT2D eigenvalue weighted by atomic mass is 16.3. The highest BCUT2D eigenvalue weighted by Crippen LogP contribution is 2.19. The van der Waals surface area contributed by atoms with Crippen molar-refractivity contribution in [2.45, 2.75) is 33.2 Å². The maximum atomic E-state index is 12.2. The predicted molar refractivity (Wildman–Crippen MR) is 69.1 cm³/mol. The lowest BCUT2D eigenvalue weighted by Gasteiger charge is -2.24. The van der Waals surface area contributed by atoms with Crippen LogP contribution in [0.2, 0.25) is 0 Å². The number of carbonyl (C=O) groups excluding carboxylic acids is 1. The van der Waals surface area contributed by atoms with Crippen LogP contribution in [0.1, 0.15) is 26.3 Å². The molecule has 1 aromatic carbocycles. The lowest BCUT2D eigenvalue weighted by Crippen LogP contribution is -2.42. The van der Waals surface area contributed by atoms with Gasteiger partial charge in [-0.05, 0) is 31.2 Å². The summed E-state index contributed by atoms with van der Waals surface area (Å²) in [6.45, 7) is 5.78. The Labute approximate surface area is 103 Å². The molecule has 0 radical (unpaired) electrons. The first-order valence-electron chi connectivity index (χ1n) is 5.84. The van der Waals surface area contributed by atoms with Crippen LogP contribution >= 0.6 is 0 Å². The number of benzene rings is 1. The maximum Gasteiger partial charge on any atom is 0.155 e. The third kappa shape index (κ3) is 3.86. The van der Waals surface area contributed by atoms with Crippen molar-refractivity contribution in [2.75, 3.05) is 7.05 Å². The summed E-state index contributed by atoms with van der Waals surface area (Å²) in [5.41, 5.74) is 0.699.